The number of rotatable bonds is 7. The van der Waals surface area contributed by atoms with Crippen molar-refractivity contribution in [3.63, 3.8) is 0 Å². The Balaban J connectivity index is 2.13. The molecule has 0 aliphatic heterocycles. The van der Waals surface area contributed by atoms with Crippen molar-refractivity contribution in [1.29, 1.82) is 0 Å². The van der Waals surface area contributed by atoms with E-state index in [1.165, 1.54) is 7.11 Å². The second-order valence-corrected chi connectivity index (χ2v) is 4.92. The number of aromatic nitrogens is 3. The number of nitrogens with one attached hydrogen (secondary N) is 1. The van der Waals surface area contributed by atoms with Gasteiger partial charge in [0, 0.05) is 0 Å². The van der Waals surface area contributed by atoms with Crippen LogP contribution in [0.2, 0.25) is 0 Å². The number of primary amides is 1. The van der Waals surface area contributed by atoms with Gasteiger partial charge in [0.25, 0.3) is 5.91 Å². The molecule has 21 heavy (non-hydrogen) atoms. The molecule has 1 heterocycles. The van der Waals surface area contributed by atoms with Crippen molar-refractivity contribution in [2.75, 3.05) is 19.1 Å². The van der Waals surface area contributed by atoms with Gasteiger partial charge in [-0.3, -0.25) is 4.79 Å². The summed E-state index contributed by atoms with van der Waals surface area (Å²) in [7, 11) is 1.52. The highest BCUT2D eigenvalue weighted by Crippen LogP contribution is 2.36. The van der Waals surface area contributed by atoms with Crippen LogP contribution in [-0.4, -0.2) is 34.5 Å². The van der Waals surface area contributed by atoms with Crippen LogP contribution in [0.5, 0.6) is 11.5 Å². The molecule has 0 saturated heterocycles. The summed E-state index contributed by atoms with van der Waals surface area (Å²) in [6, 6.07) is 3.66. The molecule has 3 N–H and O–H groups in total. The number of carbonyl (C=O) groups is 1. The van der Waals surface area contributed by atoms with E-state index in [0.29, 0.717) is 22.5 Å². The standard InChI is InChI=1S/C12H14BrN5O3/c1-20-10-3-8(4-17-18-6-15-16-7-18)2-9(13)12(10)21-5-11(14)19/h2-3,6-7,17H,4-5H2,1H3,(H2,14,19). The molecule has 0 saturated carbocycles. The number of halogens is 1. The summed E-state index contributed by atoms with van der Waals surface area (Å²) in [6.07, 6.45) is 3.10. The Morgan fingerprint density at radius 1 is 1.43 bits per heavy atom. The number of hydrogen-bond donors (Lipinski definition) is 2. The van der Waals surface area contributed by atoms with Crippen molar-refractivity contribution >= 4 is 21.8 Å². The highest BCUT2D eigenvalue weighted by atomic mass is 79.9. The lowest BCUT2D eigenvalue weighted by molar-refractivity contribution is -0.119. The molecule has 0 fully saturated rings. The zero-order chi connectivity index (χ0) is 15.2. The highest BCUT2D eigenvalue weighted by Gasteiger charge is 2.12. The first-order valence-corrected chi connectivity index (χ1v) is 6.75. The van der Waals surface area contributed by atoms with Crippen molar-refractivity contribution in [3.8, 4) is 11.5 Å². The van der Waals surface area contributed by atoms with E-state index in [1.807, 2.05) is 6.07 Å². The zero-order valence-corrected chi connectivity index (χ0v) is 12.8. The van der Waals surface area contributed by atoms with E-state index in [9.17, 15) is 4.79 Å². The van der Waals surface area contributed by atoms with Crippen molar-refractivity contribution in [2.45, 2.75) is 6.54 Å². The second kappa shape index (κ2) is 6.93. The molecule has 2 aromatic rings. The van der Waals surface area contributed by atoms with Crippen LogP contribution in [0.15, 0.2) is 29.3 Å². The molecule has 0 atom stereocenters. The molecule has 1 aromatic carbocycles. The van der Waals surface area contributed by atoms with Gasteiger partial charge < -0.3 is 20.6 Å². The average molecular weight is 356 g/mol. The lowest BCUT2D eigenvalue weighted by Gasteiger charge is -2.14. The van der Waals surface area contributed by atoms with Crippen molar-refractivity contribution < 1.29 is 14.3 Å². The monoisotopic (exact) mass is 355 g/mol. The first-order valence-electron chi connectivity index (χ1n) is 5.96. The Morgan fingerprint density at radius 3 is 2.76 bits per heavy atom. The third-order valence-corrected chi connectivity index (χ3v) is 3.12. The van der Waals surface area contributed by atoms with Crippen LogP contribution in [0.1, 0.15) is 5.56 Å². The van der Waals surface area contributed by atoms with Crippen molar-refractivity contribution in [3.05, 3.63) is 34.8 Å². The normalized spacial score (nSPS) is 10.2. The second-order valence-electron chi connectivity index (χ2n) is 4.07. The smallest absolute Gasteiger partial charge is 0.255 e. The molecule has 0 radical (unpaired) electrons. The Labute approximate surface area is 129 Å². The summed E-state index contributed by atoms with van der Waals surface area (Å²) in [5.74, 6) is 0.387. The van der Waals surface area contributed by atoms with Crippen molar-refractivity contribution in [2.24, 2.45) is 5.73 Å². The van der Waals surface area contributed by atoms with Gasteiger partial charge in [0.2, 0.25) is 0 Å². The van der Waals surface area contributed by atoms with E-state index in [4.69, 9.17) is 15.2 Å². The number of benzene rings is 1. The summed E-state index contributed by atoms with van der Waals surface area (Å²) < 4.78 is 12.9. The SMILES string of the molecule is COc1cc(CNn2cnnc2)cc(Br)c1OCC(N)=O. The van der Waals surface area contributed by atoms with Crippen LogP contribution >= 0.6 is 15.9 Å². The minimum Gasteiger partial charge on any atom is -0.493 e. The molecule has 8 nitrogen and oxygen atoms in total. The van der Waals surface area contributed by atoms with Crippen LogP contribution in [0.4, 0.5) is 0 Å². The number of hydrogen-bond acceptors (Lipinski definition) is 6. The Hall–Kier alpha value is -2.29. The van der Waals surface area contributed by atoms with E-state index < -0.39 is 5.91 Å². The molecule has 2 rings (SSSR count). The molecule has 1 amide bonds. The number of carbonyl (C=O) groups excluding carboxylic acids is 1. The molecular formula is C12H14BrN5O3. The predicted molar refractivity (Wildman–Crippen MR) is 78.5 cm³/mol. The van der Waals surface area contributed by atoms with Gasteiger partial charge in [-0.1, -0.05) is 0 Å². The largest absolute Gasteiger partial charge is 0.493 e. The summed E-state index contributed by atoms with van der Waals surface area (Å²) in [5, 5.41) is 7.39. The molecule has 0 aliphatic rings. The fraction of sp³-hybridized carbons (Fsp3) is 0.250. The lowest BCUT2D eigenvalue weighted by atomic mass is 10.2. The number of nitrogens with zero attached hydrogens (tertiary/aromatic N) is 3. The number of ether oxygens (including phenoxy) is 2. The summed E-state index contributed by atoms with van der Waals surface area (Å²) >= 11 is 3.39. The molecule has 112 valence electrons. The molecule has 0 bridgehead atoms. The average Bonchev–Trinajstić information content (AvgIpc) is 2.96. The van der Waals surface area contributed by atoms with E-state index in [2.05, 4.69) is 31.6 Å². The summed E-state index contributed by atoms with van der Waals surface area (Å²) in [4.78, 5) is 10.8. The van der Waals surface area contributed by atoms with Gasteiger partial charge in [-0.15, -0.1) is 10.2 Å². The Kier molecular flexibility index (Phi) is 4.99. The molecule has 1 aromatic heterocycles. The van der Waals surface area contributed by atoms with Gasteiger partial charge in [-0.2, -0.15) is 0 Å². The van der Waals surface area contributed by atoms with Gasteiger partial charge in [0.05, 0.1) is 18.1 Å². The number of amides is 1. The summed E-state index contributed by atoms with van der Waals surface area (Å²) in [6.45, 7) is 0.316. The maximum Gasteiger partial charge on any atom is 0.255 e. The first-order chi connectivity index (χ1) is 10.1. The first kappa shape index (κ1) is 15.1. The van der Waals surface area contributed by atoms with Crippen molar-refractivity contribution in [1.82, 2.24) is 14.9 Å². The molecule has 0 aliphatic carbocycles. The van der Waals surface area contributed by atoms with Crippen LogP contribution in [0, 0.1) is 0 Å². The Bertz CT molecular complexity index is 618. The van der Waals surface area contributed by atoms with Crippen LogP contribution in [0.3, 0.4) is 0 Å². The lowest BCUT2D eigenvalue weighted by Crippen LogP contribution is -2.20. The fourth-order valence-electron chi connectivity index (χ4n) is 1.62. The fourth-order valence-corrected chi connectivity index (χ4v) is 2.23. The zero-order valence-electron chi connectivity index (χ0n) is 11.2. The maximum absolute atomic E-state index is 10.8. The molecule has 0 unspecified atom stereocenters. The Morgan fingerprint density at radius 2 is 2.14 bits per heavy atom. The number of methoxy groups -OCH3 is 1. The summed E-state index contributed by atoms with van der Waals surface area (Å²) in [5.41, 5.74) is 9.10. The maximum atomic E-state index is 10.8. The van der Waals surface area contributed by atoms with Gasteiger partial charge in [-0.05, 0) is 33.6 Å². The van der Waals surface area contributed by atoms with Gasteiger partial charge in [0.1, 0.15) is 12.7 Å². The molecule has 0 spiro atoms. The van der Waals surface area contributed by atoms with E-state index in [1.54, 1.807) is 23.4 Å². The van der Waals surface area contributed by atoms with E-state index in [0.717, 1.165) is 5.56 Å². The highest BCUT2D eigenvalue weighted by molar-refractivity contribution is 9.10. The third-order valence-electron chi connectivity index (χ3n) is 2.53. The molecule has 9 heteroatoms. The van der Waals surface area contributed by atoms with Gasteiger partial charge >= 0.3 is 0 Å². The van der Waals surface area contributed by atoms with Crippen LogP contribution < -0.4 is 20.6 Å². The number of nitrogens with two attached hydrogens (primary N) is 1. The minimum atomic E-state index is -0.553. The van der Waals surface area contributed by atoms with Crippen LogP contribution in [0.25, 0.3) is 0 Å². The van der Waals surface area contributed by atoms with E-state index in [-0.39, 0.29) is 6.61 Å². The minimum absolute atomic E-state index is 0.215. The van der Waals surface area contributed by atoms with E-state index >= 15 is 0 Å². The third kappa shape index (κ3) is 4.09. The quantitative estimate of drug-likeness (QED) is 0.755. The predicted octanol–water partition coefficient (Wildman–Crippen LogP) is 0.657. The topological polar surface area (TPSA) is 104 Å². The van der Waals surface area contributed by atoms with Gasteiger partial charge in [-0.25, -0.2) is 4.68 Å². The van der Waals surface area contributed by atoms with Gasteiger partial charge in [0.15, 0.2) is 18.1 Å². The van der Waals surface area contributed by atoms with Crippen LogP contribution in [-0.2, 0) is 11.3 Å². The molecular weight excluding hydrogens is 342 g/mol.